The second-order valence-electron chi connectivity index (χ2n) is 1.82. The average molecular weight is 187 g/mol. The highest BCUT2D eigenvalue weighted by molar-refractivity contribution is 7.11. The Morgan fingerprint density at radius 1 is 1.75 bits per heavy atom. The minimum absolute atomic E-state index is 0.179. The van der Waals surface area contributed by atoms with Gasteiger partial charge >= 0.3 is 10.9 Å². The third kappa shape index (κ3) is 1.92. The van der Waals surface area contributed by atoms with Gasteiger partial charge in [0.25, 0.3) is 0 Å². The molecule has 0 bridgehead atoms. The number of hydrogen-bond acceptors (Lipinski definition) is 4. The van der Waals surface area contributed by atoms with Crippen molar-refractivity contribution in [3.05, 3.63) is 14.5 Å². The van der Waals surface area contributed by atoms with Gasteiger partial charge in [0.05, 0.1) is 6.21 Å². The van der Waals surface area contributed by atoms with Crippen molar-refractivity contribution in [1.29, 1.82) is 0 Å². The van der Waals surface area contributed by atoms with E-state index in [1.54, 1.807) is 0 Å². The highest BCUT2D eigenvalue weighted by atomic mass is 32.1. The first-order chi connectivity index (χ1) is 5.59. The van der Waals surface area contributed by atoms with Gasteiger partial charge in [-0.1, -0.05) is 11.3 Å². The van der Waals surface area contributed by atoms with Crippen LogP contribution in [0.2, 0.25) is 0 Å². The Kier molecular flexibility index (Phi) is 2.24. The number of hydrogen-bond donors (Lipinski definition) is 3. The number of amides is 2. The molecule has 0 aromatic carbocycles. The number of nitrogens with zero attached hydrogens (tertiary/aromatic N) is 1. The SMILES string of the molecule is NC(=O)/N=C/c1sc(=O)[nH]c1O. The zero-order valence-corrected chi connectivity index (χ0v) is 6.59. The fraction of sp³-hybridized carbons (Fsp3) is 0. The topological polar surface area (TPSA) is 109 Å². The van der Waals surface area contributed by atoms with Crippen LogP contribution in [0.4, 0.5) is 4.79 Å². The number of aromatic amines is 1. The van der Waals surface area contributed by atoms with Gasteiger partial charge < -0.3 is 10.8 Å². The number of urea groups is 1. The van der Waals surface area contributed by atoms with Crippen molar-refractivity contribution in [2.75, 3.05) is 0 Å². The second kappa shape index (κ2) is 3.18. The Labute approximate surface area is 70.4 Å². The summed E-state index contributed by atoms with van der Waals surface area (Å²) in [5.41, 5.74) is 4.69. The molecule has 64 valence electrons. The highest BCUT2D eigenvalue weighted by Gasteiger charge is 2.02. The predicted octanol–water partition coefficient (Wildman–Crippen LogP) is -0.360. The Balaban J connectivity index is 2.96. The number of rotatable bonds is 1. The maximum Gasteiger partial charge on any atom is 0.338 e. The minimum atomic E-state index is -0.879. The fourth-order valence-corrected chi connectivity index (χ4v) is 1.14. The normalized spacial score (nSPS) is 10.7. The van der Waals surface area contributed by atoms with Crippen molar-refractivity contribution in [1.82, 2.24) is 4.98 Å². The summed E-state index contributed by atoms with van der Waals surface area (Å²) < 4.78 is 0. The molecule has 6 nitrogen and oxygen atoms in total. The van der Waals surface area contributed by atoms with Crippen molar-refractivity contribution in [2.24, 2.45) is 10.7 Å². The van der Waals surface area contributed by atoms with Gasteiger partial charge in [-0.05, 0) is 0 Å². The van der Waals surface area contributed by atoms with Crippen LogP contribution in [0.5, 0.6) is 5.88 Å². The maximum atomic E-state index is 10.6. The molecule has 0 atom stereocenters. The van der Waals surface area contributed by atoms with Crippen molar-refractivity contribution in [3.63, 3.8) is 0 Å². The lowest BCUT2D eigenvalue weighted by Gasteiger charge is -1.83. The number of aromatic hydroxyl groups is 1. The molecule has 4 N–H and O–H groups in total. The van der Waals surface area contributed by atoms with Crippen LogP contribution in [0.25, 0.3) is 0 Å². The smallest absolute Gasteiger partial charge is 0.338 e. The highest BCUT2D eigenvalue weighted by Crippen LogP contribution is 2.11. The summed E-state index contributed by atoms with van der Waals surface area (Å²) in [5, 5.41) is 8.96. The van der Waals surface area contributed by atoms with Gasteiger partial charge in [0.15, 0.2) is 0 Å². The monoisotopic (exact) mass is 187 g/mol. The van der Waals surface area contributed by atoms with Crippen molar-refractivity contribution in [3.8, 4) is 5.88 Å². The average Bonchev–Trinajstić information content (AvgIpc) is 2.26. The third-order valence-corrected chi connectivity index (χ3v) is 1.77. The van der Waals surface area contributed by atoms with Gasteiger partial charge in [-0.25, -0.2) is 9.79 Å². The molecule has 0 fully saturated rings. The lowest BCUT2D eigenvalue weighted by molar-refractivity contribution is 0.257. The van der Waals surface area contributed by atoms with Crippen LogP contribution in [0.15, 0.2) is 9.79 Å². The molecule has 1 aromatic heterocycles. The number of thiazole rings is 1. The van der Waals surface area contributed by atoms with Crippen molar-refractivity contribution < 1.29 is 9.90 Å². The van der Waals surface area contributed by atoms with Gasteiger partial charge in [0, 0.05) is 0 Å². The van der Waals surface area contributed by atoms with Crippen LogP contribution < -0.4 is 10.6 Å². The molecule has 0 aliphatic rings. The molecular weight excluding hydrogens is 182 g/mol. The van der Waals surface area contributed by atoms with E-state index in [4.69, 9.17) is 10.8 Å². The summed E-state index contributed by atoms with van der Waals surface area (Å²) in [6.07, 6.45) is 1.03. The van der Waals surface area contributed by atoms with E-state index < -0.39 is 10.9 Å². The molecule has 1 rings (SSSR count). The van der Waals surface area contributed by atoms with Crippen LogP contribution in [0.3, 0.4) is 0 Å². The second-order valence-corrected chi connectivity index (χ2v) is 2.84. The molecule has 1 aromatic rings. The zero-order chi connectivity index (χ0) is 9.14. The molecule has 12 heavy (non-hydrogen) atoms. The molecule has 0 spiro atoms. The van der Waals surface area contributed by atoms with Crippen molar-refractivity contribution >= 4 is 23.6 Å². The summed E-state index contributed by atoms with van der Waals surface area (Å²) >= 11 is 0.738. The maximum absolute atomic E-state index is 10.6. The molecule has 7 heteroatoms. The van der Waals surface area contributed by atoms with E-state index in [9.17, 15) is 9.59 Å². The number of nitrogens with one attached hydrogen (secondary N) is 1. The van der Waals surface area contributed by atoms with E-state index in [0.29, 0.717) is 0 Å². The molecule has 0 saturated heterocycles. The third-order valence-electron chi connectivity index (χ3n) is 0.966. The zero-order valence-electron chi connectivity index (χ0n) is 5.77. The molecule has 0 unspecified atom stereocenters. The number of nitrogens with two attached hydrogens (primary N) is 1. The van der Waals surface area contributed by atoms with E-state index in [-0.39, 0.29) is 10.8 Å². The number of primary amides is 1. The van der Waals surface area contributed by atoms with E-state index >= 15 is 0 Å². The Morgan fingerprint density at radius 2 is 2.42 bits per heavy atom. The standard InChI is InChI=1S/C5H5N3O3S/c6-4(10)7-1-2-3(9)8-5(11)12-2/h1,9H,(H2,6,10)(H,8,11)/b7-1+. The molecule has 2 amide bonds. The lowest BCUT2D eigenvalue weighted by Crippen LogP contribution is -2.03. The number of aromatic nitrogens is 1. The number of carbonyl (C=O) groups is 1. The first kappa shape index (κ1) is 8.47. The minimum Gasteiger partial charge on any atom is -0.493 e. The quantitative estimate of drug-likeness (QED) is 0.522. The number of H-pyrrole nitrogens is 1. The van der Waals surface area contributed by atoms with Gasteiger partial charge in [-0.15, -0.1) is 0 Å². The van der Waals surface area contributed by atoms with Gasteiger partial charge in [0.1, 0.15) is 4.88 Å². The molecule has 0 radical (unpaired) electrons. The van der Waals surface area contributed by atoms with E-state index in [2.05, 4.69) is 9.98 Å². The number of carbonyl (C=O) groups excluding carboxylic acids is 1. The van der Waals surface area contributed by atoms with Crippen LogP contribution in [-0.2, 0) is 0 Å². The lowest BCUT2D eigenvalue weighted by atomic mass is 10.6. The van der Waals surface area contributed by atoms with Gasteiger partial charge in [0.2, 0.25) is 5.88 Å². The summed E-state index contributed by atoms with van der Waals surface area (Å²) in [7, 11) is 0. The first-order valence-corrected chi connectivity index (χ1v) is 3.67. The first-order valence-electron chi connectivity index (χ1n) is 2.85. The molecule has 1 heterocycles. The Morgan fingerprint density at radius 3 is 2.83 bits per heavy atom. The van der Waals surface area contributed by atoms with E-state index in [0.717, 1.165) is 17.6 Å². The summed E-state index contributed by atoms with van der Waals surface area (Å²) in [5.74, 6) is -0.310. The van der Waals surface area contributed by atoms with Crippen LogP contribution in [0.1, 0.15) is 4.88 Å². The van der Waals surface area contributed by atoms with Crippen molar-refractivity contribution in [2.45, 2.75) is 0 Å². The summed E-state index contributed by atoms with van der Waals surface area (Å²) in [6.45, 7) is 0. The van der Waals surface area contributed by atoms with Crippen LogP contribution in [-0.4, -0.2) is 22.3 Å². The molecule has 0 saturated carbocycles. The van der Waals surface area contributed by atoms with Gasteiger partial charge in [-0.3, -0.25) is 9.78 Å². The summed E-state index contributed by atoms with van der Waals surface area (Å²) in [4.78, 5) is 25.8. The molecule has 0 aliphatic carbocycles. The van der Waals surface area contributed by atoms with Crippen LogP contribution >= 0.6 is 11.3 Å². The molecular formula is C5H5N3O3S. The van der Waals surface area contributed by atoms with E-state index in [1.807, 2.05) is 0 Å². The number of aliphatic imine (C=N–C) groups is 1. The van der Waals surface area contributed by atoms with Crippen LogP contribution in [0, 0.1) is 0 Å². The Bertz CT molecular complexity index is 378. The summed E-state index contributed by atoms with van der Waals surface area (Å²) in [6, 6.07) is -0.879. The predicted molar refractivity (Wildman–Crippen MR) is 43.8 cm³/mol. The van der Waals surface area contributed by atoms with Gasteiger partial charge in [-0.2, -0.15) is 0 Å². The Hall–Kier alpha value is -1.63. The molecule has 0 aliphatic heterocycles. The fourth-order valence-electron chi connectivity index (χ4n) is 0.542. The largest absolute Gasteiger partial charge is 0.493 e. The van der Waals surface area contributed by atoms with E-state index in [1.165, 1.54) is 0 Å².